The van der Waals surface area contributed by atoms with Crippen LogP contribution in [0, 0.1) is 0 Å². The molecule has 8 nitrogen and oxygen atoms in total. The van der Waals surface area contributed by atoms with E-state index in [9.17, 15) is 32.7 Å². The fourth-order valence-electron chi connectivity index (χ4n) is 5.16. The quantitative estimate of drug-likeness (QED) is 0.300. The van der Waals surface area contributed by atoms with E-state index in [4.69, 9.17) is 9.47 Å². The predicted molar refractivity (Wildman–Crippen MR) is 144 cm³/mol. The Morgan fingerprint density at radius 2 is 1.55 bits per heavy atom. The monoisotopic (exact) mass is 574 g/mol. The van der Waals surface area contributed by atoms with Gasteiger partial charge in [0.05, 0.1) is 16.8 Å². The molecule has 2 N–H and O–H groups in total. The Hall–Kier alpha value is -5.32. The van der Waals surface area contributed by atoms with E-state index in [1.807, 2.05) is 0 Å². The second-order valence-electron chi connectivity index (χ2n) is 9.70. The summed E-state index contributed by atoms with van der Waals surface area (Å²) in [5, 5.41) is 13.0. The molecule has 0 saturated heterocycles. The molecular weight excluding hydrogens is 553 g/mol. The molecule has 0 aliphatic carbocycles. The van der Waals surface area contributed by atoms with Crippen molar-refractivity contribution in [2.75, 3.05) is 12.1 Å². The SMILES string of the molecule is O=C(O)C(c1ccccc1)N1C(=O)c2cc(-c3ccc4c(c3)OCO4)ccc2NC(=O)C1c1ccc(C(F)(F)F)cc1. The number of hydrogen-bond donors (Lipinski definition) is 2. The number of hydrogen-bond acceptors (Lipinski definition) is 5. The minimum Gasteiger partial charge on any atom is -0.479 e. The number of fused-ring (bicyclic) bond motifs is 2. The molecule has 4 aromatic carbocycles. The number of nitrogens with zero attached hydrogens (tertiary/aromatic N) is 1. The maximum Gasteiger partial charge on any atom is 0.416 e. The molecule has 2 unspecified atom stereocenters. The Morgan fingerprint density at radius 3 is 2.24 bits per heavy atom. The predicted octanol–water partition coefficient (Wildman–Crippen LogP) is 6.06. The van der Waals surface area contributed by atoms with Gasteiger partial charge in [-0.25, -0.2) is 4.79 Å². The van der Waals surface area contributed by atoms with Gasteiger partial charge in [-0.15, -0.1) is 0 Å². The summed E-state index contributed by atoms with van der Waals surface area (Å²) in [6.45, 7) is 0.0733. The van der Waals surface area contributed by atoms with Crippen molar-refractivity contribution in [3.05, 3.63) is 113 Å². The summed E-state index contributed by atoms with van der Waals surface area (Å²) in [4.78, 5) is 41.7. The molecule has 42 heavy (non-hydrogen) atoms. The molecular formula is C31H21F3N2O6. The van der Waals surface area contributed by atoms with Crippen molar-refractivity contribution in [1.82, 2.24) is 4.90 Å². The Labute approximate surface area is 236 Å². The number of carbonyl (C=O) groups excluding carboxylic acids is 2. The van der Waals surface area contributed by atoms with Crippen molar-refractivity contribution >= 4 is 23.5 Å². The molecule has 0 aromatic heterocycles. The molecule has 2 aliphatic rings. The van der Waals surface area contributed by atoms with Crippen LogP contribution in [0.25, 0.3) is 11.1 Å². The zero-order chi connectivity index (χ0) is 29.6. The number of rotatable bonds is 5. The van der Waals surface area contributed by atoms with Crippen LogP contribution in [0.3, 0.4) is 0 Å². The van der Waals surface area contributed by atoms with Crippen LogP contribution in [0.5, 0.6) is 11.5 Å². The molecule has 2 amide bonds. The minimum absolute atomic E-state index is 0.00936. The number of carbonyl (C=O) groups is 3. The van der Waals surface area contributed by atoms with Crippen LogP contribution in [0.2, 0.25) is 0 Å². The third-order valence-electron chi connectivity index (χ3n) is 7.16. The lowest BCUT2D eigenvalue weighted by Crippen LogP contribution is -2.44. The highest BCUT2D eigenvalue weighted by atomic mass is 19.4. The summed E-state index contributed by atoms with van der Waals surface area (Å²) < 4.78 is 50.7. The van der Waals surface area contributed by atoms with Crippen molar-refractivity contribution in [2.45, 2.75) is 18.3 Å². The first kappa shape index (κ1) is 26.9. The van der Waals surface area contributed by atoms with E-state index in [1.54, 1.807) is 42.5 Å². The molecule has 11 heteroatoms. The highest BCUT2D eigenvalue weighted by Crippen LogP contribution is 2.41. The third kappa shape index (κ3) is 4.78. The highest BCUT2D eigenvalue weighted by molar-refractivity contribution is 6.11. The van der Waals surface area contributed by atoms with Crippen molar-refractivity contribution in [1.29, 1.82) is 0 Å². The Morgan fingerprint density at radius 1 is 0.881 bits per heavy atom. The lowest BCUT2D eigenvalue weighted by molar-refractivity contribution is -0.144. The van der Waals surface area contributed by atoms with Gasteiger partial charge in [0.1, 0.15) is 6.04 Å². The molecule has 0 saturated carbocycles. The van der Waals surface area contributed by atoms with Gasteiger partial charge in [-0.2, -0.15) is 13.2 Å². The molecule has 2 heterocycles. The molecule has 0 spiro atoms. The van der Waals surface area contributed by atoms with E-state index < -0.39 is 41.6 Å². The zero-order valence-electron chi connectivity index (χ0n) is 21.6. The smallest absolute Gasteiger partial charge is 0.416 e. The summed E-state index contributed by atoms with van der Waals surface area (Å²) in [6.07, 6.45) is -4.63. The number of amides is 2. The van der Waals surface area contributed by atoms with Crippen molar-refractivity contribution in [2.24, 2.45) is 0 Å². The lowest BCUT2D eigenvalue weighted by Gasteiger charge is -2.34. The third-order valence-corrected chi connectivity index (χ3v) is 7.16. The molecule has 0 fully saturated rings. The summed E-state index contributed by atoms with van der Waals surface area (Å²) in [5.74, 6) is -1.92. The van der Waals surface area contributed by atoms with Gasteiger partial charge in [0.15, 0.2) is 17.5 Å². The van der Waals surface area contributed by atoms with E-state index in [0.717, 1.165) is 29.2 Å². The number of alkyl halides is 3. The number of halogens is 3. The fraction of sp³-hybridized carbons (Fsp3) is 0.129. The zero-order valence-corrected chi connectivity index (χ0v) is 21.6. The van der Waals surface area contributed by atoms with E-state index in [1.165, 1.54) is 24.3 Å². The van der Waals surface area contributed by atoms with E-state index in [2.05, 4.69) is 5.32 Å². The van der Waals surface area contributed by atoms with Crippen LogP contribution in [-0.2, 0) is 15.8 Å². The largest absolute Gasteiger partial charge is 0.479 e. The Kier molecular flexibility index (Phi) is 6.56. The topological polar surface area (TPSA) is 105 Å². The summed E-state index contributed by atoms with van der Waals surface area (Å²) in [6, 6.07) is 18.3. The fourth-order valence-corrected chi connectivity index (χ4v) is 5.16. The van der Waals surface area contributed by atoms with Gasteiger partial charge in [0.2, 0.25) is 6.79 Å². The number of benzene rings is 4. The first-order valence-corrected chi connectivity index (χ1v) is 12.7. The summed E-state index contributed by atoms with van der Waals surface area (Å²) >= 11 is 0. The number of nitrogens with one attached hydrogen (secondary N) is 1. The van der Waals surface area contributed by atoms with Gasteiger partial charge in [-0.05, 0) is 58.7 Å². The van der Waals surface area contributed by atoms with Crippen molar-refractivity contribution in [3.8, 4) is 22.6 Å². The summed E-state index contributed by atoms with van der Waals surface area (Å²) in [7, 11) is 0. The maximum atomic E-state index is 14.3. The number of carboxylic acid groups (broad SMARTS) is 1. The van der Waals surface area contributed by atoms with Crippen LogP contribution >= 0.6 is 0 Å². The summed E-state index contributed by atoms with van der Waals surface area (Å²) in [5.41, 5.74) is 0.662. The second kappa shape index (κ2) is 10.3. The Balaban J connectivity index is 1.50. The number of anilines is 1. The first-order valence-electron chi connectivity index (χ1n) is 12.7. The Bertz CT molecular complexity index is 1710. The van der Waals surface area contributed by atoms with E-state index in [0.29, 0.717) is 22.6 Å². The lowest BCUT2D eigenvalue weighted by atomic mass is 9.96. The maximum absolute atomic E-state index is 14.3. The van der Waals surface area contributed by atoms with E-state index >= 15 is 0 Å². The van der Waals surface area contributed by atoms with Gasteiger partial charge in [-0.3, -0.25) is 9.59 Å². The molecule has 0 radical (unpaired) electrons. The van der Waals surface area contributed by atoms with Gasteiger partial charge in [0.25, 0.3) is 11.8 Å². The number of ether oxygens (including phenoxy) is 2. The molecule has 2 aliphatic heterocycles. The molecule has 0 bridgehead atoms. The normalized spacial score (nSPS) is 16.8. The van der Waals surface area contributed by atoms with Crippen molar-refractivity contribution < 1.29 is 42.1 Å². The molecule has 212 valence electrons. The standard InChI is InChI=1S/C31H21F3N2O6/c32-31(33,34)21-10-6-18(7-11-21)26-28(37)35-23-12-8-19(20-9-13-24-25(15-20)42-16-41-24)14-22(23)29(38)36(26)27(30(39)40)17-4-2-1-3-5-17/h1-15,26-27H,16H2,(H,35,37)(H,39,40). The van der Waals surface area contributed by atoms with Gasteiger partial charge >= 0.3 is 12.1 Å². The molecule has 2 atom stereocenters. The minimum atomic E-state index is -4.63. The van der Waals surface area contributed by atoms with Crippen LogP contribution in [0.1, 0.15) is 39.1 Å². The van der Waals surface area contributed by atoms with Crippen molar-refractivity contribution in [3.63, 3.8) is 0 Å². The van der Waals surface area contributed by atoms with Crippen LogP contribution in [0.15, 0.2) is 91.0 Å². The first-order chi connectivity index (χ1) is 20.1. The van der Waals surface area contributed by atoms with E-state index in [-0.39, 0.29) is 29.2 Å². The molecule has 6 rings (SSSR count). The number of carboxylic acids is 1. The van der Waals surface area contributed by atoms with Gasteiger partial charge in [0, 0.05) is 0 Å². The van der Waals surface area contributed by atoms with Crippen LogP contribution < -0.4 is 14.8 Å². The van der Waals surface area contributed by atoms with Gasteiger partial charge < -0.3 is 24.8 Å². The van der Waals surface area contributed by atoms with Gasteiger partial charge in [-0.1, -0.05) is 54.6 Å². The van der Waals surface area contributed by atoms with Crippen LogP contribution in [-0.4, -0.2) is 34.6 Å². The highest BCUT2D eigenvalue weighted by Gasteiger charge is 2.44. The average molecular weight is 575 g/mol. The number of aliphatic carboxylic acids is 1. The van der Waals surface area contributed by atoms with Crippen LogP contribution in [0.4, 0.5) is 18.9 Å². The average Bonchev–Trinajstić information content (AvgIpc) is 3.41. The second-order valence-corrected chi connectivity index (χ2v) is 9.70. The molecule has 4 aromatic rings.